The molecule has 1 saturated carbocycles. The molecule has 3 aromatic carbocycles. The number of para-hydroxylation sites is 1. The summed E-state index contributed by atoms with van der Waals surface area (Å²) in [4.78, 5) is 14.6. The molecule has 1 fully saturated rings. The number of hydrogen-bond donors (Lipinski definition) is 0. The van der Waals surface area contributed by atoms with E-state index >= 15 is 0 Å². The molecule has 222 valence electrons. The van der Waals surface area contributed by atoms with Gasteiger partial charge in [0.15, 0.2) is 0 Å². The molecule has 1 aliphatic carbocycles. The van der Waals surface area contributed by atoms with Crippen LogP contribution in [0.3, 0.4) is 0 Å². The van der Waals surface area contributed by atoms with Crippen LogP contribution in [-0.2, 0) is 14.9 Å². The summed E-state index contributed by atoms with van der Waals surface area (Å²) >= 11 is 0. The van der Waals surface area contributed by atoms with Gasteiger partial charge in [-0.2, -0.15) is 5.10 Å². The summed E-state index contributed by atoms with van der Waals surface area (Å²) < 4.78 is 18.0. The van der Waals surface area contributed by atoms with Crippen LogP contribution in [0.2, 0.25) is 0 Å². The molecule has 43 heavy (non-hydrogen) atoms. The van der Waals surface area contributed by atoms with E-state index in [1.165, 1.54) is 5.56 Å². The van der Waals surface area contributed by atoms with Gasteiger partial charge >= 0.3 is 5.97 Å². The molecule has 0 bridgehead atoms. The van der Waals surface area contributed by atoms with Crippen LogP contribution in [0.4, 0.5) is 5.69 Å². The number of anilines is 1. The number of benzene rings is 3. The number of ether oxygens (including phenoxy) is 2. The van der Waals surface area contributed by atoms with Crippen LogP contribution < -0.4 is 9.75 Å². The second-order valence-corrected chi connectivity index (χ2v) is 12.4. The standard InChI is InChI=1S/C37H40N2O4/c1-25-17-22-30(37(2,3)27-12-7-5-8-13-27)32(24-25)43-36(40)33-34(26-18-20-29(41-4)21-19-26)38-39(28-14-9-6-10-15-28)35(33)31-16-11-23-42-31/h5-16,18-21,23,25,30,32-33,35H,17,22,24H2,1-4H3/t25-,30-,32-,33+,35-/m1/s1. The molecule has 2 heterocycles. The van der Waals surface area contributed by atoms with E-state index in [2.05, 4.69) is 45.0 Å². The first-order chi connectivity index (χ1) is 20.9. The fraction of sp³-hybridized carbons (Fsp3) is 0.351. The van der Waals surface area contributed by atoms with Crippen LogP contribution in [0.15, 0.2) is 113 Å². The minimum atomic E-state index is -0.697. The van der Waals surface area contributed by atoms with Crippen LogP contribution in [0.5, 0.6) is 5.75 Å². The van der Waals surface area contributed by atoms with Crippen molar-refractivity contribution in [3.8, 4) is 5.75 Å². The number of carbonyl (C=O) groups excluding carboxylic acids is 1. The molecule has 6 nitrogen and oxygen atoms in total. The van der Waals surface area contributed by atoms with Crippen molar-refractivity contribution in [2.45, 2.75) is 57.6 Å². The minimum Gasteiger partial charge on any atom is -0.497 e. The first kappa shape index (κ1) is 28.8. The van der Waals surface area contributed by atoms with Gasteiger partial charge < -0.3 is 13.9 Å². The molecule has 2 aliphatic rings. The Morgan fingerprint density at radius 3 is 2.26 bits per heavy atom. The normalized spacial score (nSPS) is 24.0. The maximum atomic E-state index is 14.6. The molecule has 4 aromatic rings. The van der Waals surface area contributed by atoms with Gasteiger partial charge in [0, 0.05) is 5.92 Å². The van der Waals surface area contributed by atoms with Crippen molar-refractivity contribution in [2.75, 3.05) is 12.1 Å². The third-order valence-electron chi connectivity index (χ3n) is 9.35. The van der Waals surface area contributed by atoms with Gasteiger partial charge in [-0.25, -0.2) is 0 Å². The van der Waals surface area contributed by atoms with Gasteiger partial charge in [0.25, 0.3) is 0 Å². The van der Waals surface area contributed by atoms with Crippen molar-refractivity contribution in [3.05, 3.63) is 120 Å². The number of esters is 1. The number of hydrazone groups is 1. The molecule has 0 spiro atoms. The second-order valence-electron chi connectivity index (χ2n) is 12.4. The minimum absolute atomic E-state index is 0.161. The predicted octanol–water partition coefficient (Wildman–Crippen LogP) is 8.20. The lowest BCUT2D eigenvalue weighted by atomic mass is 9.64. The Kier molecular flexibility index (Phi) is 8.11. The Bertz CT molecular complexity index is 1530. The van der Waals surface area contributed by atoms with E-state index in [0.29, 0.717) is 17.4 Å². The summed E-state index contributed by atoms with van der Waals surface area (Å²) in [6.07, 6.45) is 4.39. The molecular weight excluding hydrogens is 536 g/mol. The number of methoxy groups -OCH3 is 1. The highest BCUT2D eigenvalue weighted by molar-refractivity contribution is 6.14. The summed E-state index contributed by atoms with van der Waals surface area (Å²) in [6, 6.07) is 31.5. The second kappa shape index (κ2) is 12.1. The summed E-state index contributed by atoms with van der Waals surface area (Å²) in [5, 5.41) is 7.00. The average Bonchev–Trinajstić information content (AvgIpc) is 3.70. The highest BCUT2D eigenvalue weighted by Crippen LogP contribution is 2.46. The van der Waals surface area contributed by atoms with Crippen LogP contribution in [-0.4, -0.2) is 24.9 Å². The zero-order chi connectivity index (χ0) is 30.0. The topological polar surface area (TPSA) is 64.3 Å². The number of carbonyl (C=O) groups is 1. The number of furan rings is 1. The molecule has 0 radical (unpaired) electrons. The van der Waals surface area contributed by atoms with E-state index in [4.69, 9.17) is 19.0 Å². The van der Waals surface area contributed by atoms with E-state index in [0.717, 1.165) is 36.3 Å². The highest BCUT2D eigenvalue weighted by atomic mass is 16.5. The fourth-order valence-electron chi connectivity index (χ4n) is 6.90. The van der Waals surface area contributed by atoms with E-state index < -0.39 is 12.0 Å². The van der Waals surface area contributed by atoms with E-state index in [1.54, 1.807) is 13.4 Å². The maximum absolute atomic E-state index is 14.6. The van der Waals surface area contributed by atoms with Crippen molar-refractivity contribution < 1.29 is 18.7 Å². The summed E-state index contributed by atoms with van der Waals surface area (Å²) in [6.45, 7) is 6.83. The van der Waals surface area contributed by atoms with Gasteiger partial charge in [0.1, 0.15) is 29.6 Å². The average molecular weight is 577 g/mol. The number of nitrogens with zero attached hydrogens (tertiary/aromatic N) is 2. The van der Waals surface area contributed by atoms with Gasteiger partial charge in [0.2, 0.25) is 0 Å². The monoisotopic (exact) mass is 576 g/mol. The molecule has 0 unspecified atom stereocenters. The number of hydrogen-bond acceptors (Lipinski definition) is 6. The van der Waals surface area contributed by atoms with Crippen molar-refractivity contribution >= 4 is 17.4 Å². The van der Waals surface area contributed by atoms with Crippen molar-refractivity contribution in [3.63, 3.8) is 0 Å². The van der Waals surface area contributed by atoms with Crippen LogP contribution in [0, 0.1) is 17.8 Å². The van der Waals surface area contributed by atoms with Gasteiger partial charge in [-0.05, 0) is 83.8 Å². The third-order valence-corrected chi connectivity index (χ3v) is 9.35. The van der Waals surface area contributed by atoms with Gasteiger partial charge in [-0.3, -0.25) is 9.80 Å². The number of rotatable bonds is 8. The molecule has 0 N–H and O–H groups in total. The Morgan fingerprint density at radius 1 is 0.907 bits per heavy atom. The molecule has 6 heteroatoms. The molecule has 5 atom stereocenters. The Morgan fingerprint density at radius 2 is 1.60 bits per heavy atom. The molecular formula is C37H40N2O4. The lowest BCUT2D eigenvalue weighted by Crippen LogP contribution is -2.45. The van der Waals surface area contributed by atoms with Crippen molar-refractivity contribution in [1.29, 1.82) is 0 Å². The quantitative estimate of drug-likeness (QED) is 0.198. The van der Waals surface area contributed by atoms with Gasteiger partial charge in [0.05, 0.1) is 24.8 Å². The van der Waals surface area contributed by atoms with E-state index in [-0.39, 0.29) is 23.4 Å². The molecule has 1 aliphatic heterocycles. The van der Waals surface area contributed by atoms with Crippen LogP contribution in [0.1, 0.15) is 63.0 Å². The molecule has 6 rings (SSSR count). The summed E-state index contributed by atoms with van der Waals surface area (Å²) in [5.74, 6) is 1.09. The highest BCUT2D eigenvalue weighted by Gasteiger charge is 2.49. The van der Waals surface area contributed by atoms with Crippen molar-refractivity contribution in [2.24, 2.45) is 22.9 Å². The SMILES string of the molecule is COc1ccc(C2=NN(c3ccccc3)[C@H](c3ccco3)[C@H]2C(=O)O[C@@H]2C[C@H](C)CC[C@H]2C(C)(C)c2ccccc2)cc1. The predicted molar refractivity (Wildman–Crippen MR) is 169 cm³/mol. The Balaban J connectivity index is 1.39. The molecule has 1 aromatic heterocycles. The lowest BCUT2D eigenvalue weighted by Gasteiger charge is -2.44. The first-order valence-corrected chi connectivity index (χ1v) is 15.2. The van der Waals surface area contributed by atoms with E-state index in [9.17, 15) is 4.79 Å². The van der Waals surface area contributed by atoms with Crippen molar-refractivity contribution in [1.82, 2.24) is 0 Å². The van der Waals surface area contributed by atoms with Crippen LogP contribution in [0.25, 0.3) is 0 Å². The van der Waals surface area contributed by atoms with Crippen LogP contribution >= 0.6 is 0 Å². The Hall–Kier alpha value is -4.32. The maximum Gasteiger partial charge on any atom is 0.318 e. The zero-order valence-electron chi connectivity index (χ0n) is 25.4. The first-order valence-electron chi connectivity index (χ1n) is 15.2. The molecule has 0 amide bonds. The largest absolute Gasteiger partial charge is 0.497 e. The smallest absolute Gasteiger partial charge is 0.318 e. The third kappa shape index (κ3) is 5.71. The van der Waals surface area contributed by atoms with E-state index in [1.807, 2.05) is 77.8 Å². The van der Waals surface area contributed by atoms with Gasteiger partial charge in [-0.1, -0.05) is 75.7 Å². The van der Waals surface area contributed by atoms with Gasteiger partial charge in [-0.15, -0.1) is 0 Å². The fourth-order valence-corrected chi connectivity index (χ4v) is 6.90. The summed E-state index contributed by atoms with van der Waals surface area (Å²) in [5.41, 5.74) is 3.47. The Labute approximate surface area is 254 Å². The summed E-state index contributed by atoms with van der Waals surface area (Å²) in [7, 11) is 1.64. The zero-order valence-corrected chi connectivity index (χ0v) is 25.4. The molecule has 0 saturated heterocycles. The lowest BCUT2D eigenvalue weighted by molar-refractivity contribution is -0.159.